The maximum absolute atomic E-state index is 12.5. The normalized spacial score (nSPS) is 10.7. The number of ether oxygens (including phenoxy) is 1. The zero-order valence-corrected chi connectivity index (χ0v) is 18.5. The molecule has 3 aromatic rings. The molecule has 0 unspecified atom stereocenters. The molecule has 5 nitrogen and oxygen atoms in total. The molecule has 1 amide bonds. The Labute approximate surface area is 185 Å². The number of amides is 1. The monoisotopic (exact) mass is 514 g/mol. The number of hydrogen-bond donors (Lipinski definition) is 1. The summed E-state index contributed by atoms with van der Waals surface area (Å²) in [5.74, 6) is -0.486. The smallest absolute Gasteiger partial charge is 0.343 e. The summed E-state index contributed by atoms with van der Waals surface area (Å²) in [6.07, 6.45) is 1.43. The second-order valence-corrected chi connectivity index (χ2v) is 7.84. The number of benzene rings is 3. The Bertz CT molecular complexity index is 1100. The maximum atomic E-state index is 12.5. The van der Waals surface area contributed by atoms with Crippen molar-refractivity contribution >= 4 is 50.0 Å². The molecule has 7 heteroatoms. The van der Waals surface area contributed by atoms with Crippen LogP contribution in [0.5, 0.6) is 5.75 Å². The Morgan fingerprint density at radius 2 is 1.66 bits per heavy atom. The minimum atomic E-state index is -0.461. The average molecular weight is 516 g/mol. The lowest BCUT2D eigenvalue weighted by molar-refractivity contribution is 0.0733. The molecule has 0 atom stereocenters. The zero-order chi connectivity index (χ0) is 20.8. The van der Waals surface area contributed by atoms with Gasteiger partial charge in [0, 0.05) is 14.5 Å². The number of nitrogens with one attached hydrogen (secondary N) is 1. The van der Waals surface area contributed by atoms with Crippen molar-refractivity contribution < 1.29 is 14.3 Å². The molecule has 1 N–H and O–H groups in total. The van der Waals surface area contributed by atoms with E-state index in [1.807, 2.05) is 25.1 Å². The first-order chi connectivity index (χ1) is 14.0. The van der Waals surface area contributed by atoms with E-state index in [9.17, 15) is 9.59 Å². The van der Waals surface area contributed by atoms with Crippen molar-refractivity contribution in [3.63, 3.8) is 0 Å². The van der Waals surface area contributed by atoms with Gasteiger partial charge in [-0.1, -0.05) is 46.3 Å². The van der Waals surface area contributed by atoms with E-state index in [0.29, 0.717) is 26.9 Å². The topological polar surface area (TPSA) is 67.8 Å². The molecular weight excluding hydrogens is 500 g/mol. The number of hydrazone groups is 1. The molecule has 0 spiro atoms. The number of aryl methyl sites for hydroxylation is 1. The molecule has 0 bridgehead atoms. The van der Waals surface area contributed by atoms with E-state index in [-0.39, 0.29) is 5.91 Å². The summed E-state index contributed by atoms with van der Waals surface area (Å²) in [6.45, 7) is 1.85. The summed E-state index contributed by atoms with van der Waals surface area (Å²) in [5, 5.41) is 4.00. The summed E-state index contributed by atoms with van der Waals surface area (Å²) in [6, 6.07) is 19.4. The maximum Gasteiger partial charge on any atom is 0.343 e. The first-order valence-electron chi connectivity index (χ1n) is 8.61. The second-order valence-electron chi connectivity index (χ2n) is 6.07. The number of carbonyl (C=O) groups is 2. The van der Waals surface area contributed by atoms with Crippen molar-refractivity contribution in [2.24, 2.45) is 5.10 Å². The fraction of sp³-hybridized carbons (Fsp3) is 0.0455. The third kappa shape index (κ3) is 5.40. The minimum Gasteiger partial charge on any atom is -0.422 e. The molecule has 0 heterocycles. The van der Waals surface area contributed by atoms with Gasteiger partial charge < -0.3 is 4.74 Å². The van der Waals surface area contributed by atoms with Crippen LogP contribution in [-0.4, -0.2) is 18.1 Å². The largest absolute Gasteiger partial charge is 0.422 e. The zero-order valence-electron chi connectivity index (χ0n) is 15.4. The van der Waals surface area contributed by atoms with Crippen molar-refractivity contribution in [2.45, 2.75) is 6.92 Å². The fourth-order valence-electron chi connectivity index (χ4n) is 2.54. The lowest BCUT2D eigenvalue weighted by atomic mass is 10.1. The van der Waals surface area contributed by atoms with Crippen molar-refractivity contribution in [2.75, 3.05) is 0 Å². The van der Waals surface area contributed by atoms with Gasteiger partial charge in [0.15, 0.2) is 0 Å². The van der Waals surface area contributed by atoms with Crippen LogP contribution in [0.2, 0.25) is 0 Å². The average Bonchev–Trinajstić information content (AvgIpc) is 2.70. The van der Waals surface area contributed by atoms with Gasteiger partial charge in [-0.05, 0) is 64.8 Å². The Morgan fingerprint density at radius 3 is 2.38 bits per heavy atom. The summed E-state index contributed by atoms with van der Waals surface area (Å²) < 4.78 is 7.01. The molecule has 0 fully saturated rings. The molecular formula is C22H16Br2N2O3. The molecule has 3 rings (SSSR count). The van der Waals surface area contributed by atoms with Gasteiger partial charge >= 0.3 is 5.97 Å². The van der Waals surface area contributed by atoms with E-state index in [0.717, 1.165) is 10.0 Å². The van der Waals surface area contributed by atoms with Gasteiger partial charge in [0.25, 0.3) is 5.91 Å². The van der Waals surface area contributed by atoms with Gasteiger partial charge in [0.2, 0.25) is 0 Å². The summed E-state index contributed by atoms with van der Waals surface area (Å²) in [4.78, 5) is 24.8. The van der Waals surface area contributed by atoms with Crippen LogP contribution in [0.25, 0.3) is 0 Å². The highest BCUT2D eigenvalue weighted by Crippen LogP contribution is 2.23. The van der Waals surface area contributed by atoms with Crippen LogP contribution in [0, 0.1) is 6.92 Å². The van der Waals surface area contributed by atoms with Crippen LogP contribution < -0.4 is 10.2 Å². The van der Waals surface area contributed by atoms with Crippen LogP contribution in [0.4, 0.5) is 0 Å². The molecule has 146 valence electrons. The van der Waals surface area contributed by atoms with Crippen molar-refractivity contribution in [1.29, 1.82) is 0 Å². The molecule has 0 radical (unpaired) electrons. The number of hydrogen-bond acceptors (Lipinski definition) is 4. The van der Waals surface area contributed by atoms with Crippen LogP contribution in [-0.2, 0) is 0 Å². The first-order valence-corrected chi connectivity index (χ1v) is 10.2. The first kappa shape index (κ1) is 21.0. The molecule has 0 aliphatic rings. The highest BCUT2D eigenvalue weighted by molar-refractivity contribution is 9.10. The van der Waals surface area contributed by atoms with Gasteiger partial charge in [-0.3, -0.25) is 4.79 Å². The molecule has 0 saturated carbocycles. The molecule has 0 aromatic heterocycles. The molecule has 3 aromatic carbocycles. The third-order valence-corrected chi connectivity index (χ3v) is 5.21. The summed E-state index contributed by atoms with van der Waals surface area (Å²) in [5.41, 5.74) is 4.78. The number of nitrogens with zero attached hydrogens (tertiary/aromatic N) is 1. The van der Waals surface area contributed by atoms with E-state index in [1.165, 1.54) is 6.21 Å². The van der Waals surface area contributed by atoms with E-state index >= 15 is 0 Å². The van der Waals surface area contributed by atoms with E-state index in [2.05, 4.69) is 42.4 Å². The van der Waals surface area contributed by atoms with Gasteiger partial charge in [-0.2, -0.15) is 5.10 Å². The van der Waals surface area contributed by atoms with Crippen LogP contribution in [0.3, 0.4) is 0 Å². The SMILES string of the molecule is Cc1ccccc1C(=O)Oc1ccc(Br)cc1C=NNC(=O)c1ccccc1Br. The number of rotatable bonds is 5. The second kappa shape index (κ2) is 9.62. The van der Waals surface area contributed by atoms with Crippen LogP contribution in [0.1, 0.15) is 31.8 Å². The Balaban J connectivity index is 1.77. The quantitative estimate of drug-likeness (QED) is 0.211. The van der Waals surface area contributed by atoms with E-state index < -0.39 is 5.97 Å². The van der Waals surface area contributed by atoms with Gasteiger partial charge in [0.1, 0.15) is 5.75 Å². The number of carbonyl (C=O) groups excluding carboxylic acids is 2. The predicted octanol–water partition coefficient (Wildman–Crippen LogP) is 5.50. The van der Waals surface area contributed by atoms with E-state index in [4.69, 9.17) is 4.74 Å². The van der Waals surface area contributed by atoms with Crippen LogP contribution in [0.15, 0.2) is 80.8 Å². The third-order valence-electron chi connectivity index (χ3n) is 4.03. The lowest BCUT2D eigenvalue weighted by Crippen LogP contribution is -2.18. The highest BCUT2D eigenvalue weighted by Gasteiger charge is 2.14. The Kier molecular flexibility index (Phi) is 6.95. The molecule has 29 heavy (non-hydrogen) atoms. The van der Waals surface area contributed by atoms with Gasteiger partial charge in [-0.25, -0.2) is 10.2 Å². The standard InChI is InChI=1S/C22H16Br2N2O3/c1-14-6-2-3-7-17(14)22(28)29-20-11-10-16(23)12-15(20)13-25-26-21(27)18-8-4-5-9-19(18)24/h2-13H,1H3,(H,26,27). The van der Waals surface area contributed by atoms with E-state index in [1.54, 1.807) is 48.5 Å². The molecule has 0 aliphatic carbocycles. The van der Waals surface area contributed by atoms with Crippen molar-refractivity contribution in [3.8, 4) is 5.75 Å². The lowest BCUT2D eigenvalue weighted by Gasteiger charge is -2.09. The highest BCUT2D eigenvalue weighted by atomic mass is 79.9. The van der Waals surface area contributed by atoms with Crippen LogP contribution >= 0.6 is 31.9 Å². The van der Waals surface area contributed by atoms with Crippen molar-refractivity contribution in [3.05, 3.63) is 97.9 Å². The summed E-state index contributed by atoms with van der Waals surface area (Å²) >= 11 is 6.72. The molecule has 0 aliphatic heterocycles. The number of esters is 1. The van der Waals surface area contributed by atoms with Gasteiger partial charge in [0.05, 0.1) is 17.3 Å². The van der Waals surface area contributed by atoms with Gasteiger partial charge in [-0.15, -0.1) is 0 Å². The number of halogens is 2. The molecule has 0 saturated heterocycles. The minimum absolute atomic E-state index is 0.334. The van der Waals surface area contributed by atoms with Crippen molar-refractivity contribution in [1.82, 2.24) is 5.43 Å². The predicted molar refractivity (Wildman–Crippen MR) is 119 cm³/mol. The Morgan fingerprint density at radius 1 is 0.966 bits per heavy atom. The Hall–Kier alpha value is -2.77. The summed E-state index contributed by atoms with van der Waals surface area (Å²) in [7, 11) is 0. The fourth-order valence-corrected chi connectivity index (χ4v) is 3.38.